The van der Waals surface area contributed by atoms with Crippen LogP contribution in [0.3, 0.4) is 0 Å². The Kier molecular flexibility index (Phi) is 5.28. The van der Waals surface area contributed by atoms with Gasteiger partial charge in [-0.2, -0.15) is 4.98 Å². The van der Waals surface area contributed by atoms with Gasteiger partial charge in [-0.25, -0.2) is 13.6 Å². The lowest BCUT2D eigenvalue weighted by atomic mass is 10.1. The van der Waals surface area contributed by atoms with Crippen molar-refractivity contribution < 1.29 is 41.0 Å². The first-order chi connectivity index (χ1) is 9.69. The Bertz CT molecular complexity index is 518. The lowest BCUT2D eigenvalue weighted by Gasteiger charge is -2.15. The fraction of sp³-hybridized carbons (Fsp3) is 0.455. The van der Waals surface area contributed by atoms with Crippen molar-refractivity contribution in [3.8, 4) is 11.8 Å². The number of aromatic nitrogens is 1. The molecule has 0 unspecified atom stereocenters. The SMILES string of the molecule is CCOC(=O)c1cc(OC(F)(F)F)nc(OC)c1C(F)F. The summed E-state index contributed by atoms with van der Waals surface area (Å²) >= 11 is 0. The molecule has 0 saturated heterocycles. The third-order valence-electron chi connectivity index (χ3n) is 2.13. The van der Waals surface area contributed by atoms with E-state index in [2.05, 4.69) is 19.2 Å². The molecule has 1 rings (SSSR count). The van der Waals surface area contributed by atoms with Gasteiger partial charge in [0.2, 0.25) is 11.8 Å². The lowest BCUT2D eigenvalue weighted by Crippen LogP contribution is -2.19. The molecular weight excluding hydrogens is 305 g/mol. The van der Waals surface area contributed by atoms with Crippen molar-refractivity contribution in [2.75, 3.05) is 13.7 Å². The second-order valence-corrected chi connectivity index (χ2v) is 3.50. The molecule has 1 heterocycles. The van der Waals surface area contributed by atoms with E-state index in [4.69, 9.17) is 0 Å². The van der Waals surface area contributed by atoms with Crippen molar-refractivity contribution in [3.63, 3.8) is 0 Å². The summed E-state index contributed by atoms with van der Waals surface area (Å²) in [6.45, 7) is 1.26. The summed E-state index contributed by atoms with van der Waals surface area (Å²) in [6.07, 6.45) is -8.30. The minimum absolute atomic E-state index is 0.151. The van der Waals surface area contributed by atoms with E-state index in [1.165, 1.54) is 6.92 Å². The summed E-state index contributed by atoms with van der Waals surface area (Å²) in [5.41, 5.74) is -1.77. The number of pyridine rings is 1. The fourth-order valence-electron chi connectivity index (χ4n) is 1.42. The van der Waals surface area contributed by atoms with Crippen molar-refractivity contribution in [3.05, 3.63) is 17.2 Å². The Balaban J connectivity index is 3.40. The molecule has 0 aromatic carbocycles. The van der Waals surface area contributed by atoms with Crippen LogP contribution < -0.4 is 9.47 Å². The zero-order valence-electron chi connectivity index (χ0n) is 10.8. The number of esters is 1. The van der Waals surface area contributed by atoms with Crippen molar-refractivity contribution in [2.24, 2.45) is 0 Å². The Morgan fingerprint density at radius 2 is 2.00 bits per heavy atom. The maximum Gasteiger partial charge on any atom is 0.574 e. The smallest absolute Gasteiger partial charge is 0.481 e. The molecule has 0 bridgehead atoms. The Hall–Kier alpha value is -2.13. The van der Waals surface area contributed by atoms with Crippen LogP contribution >= 0.6 is 0 Å². The van der Waals surface area contributed by atoms with Gasteiger partial charge in [-0.05, 0) is 6.92 Å². The van der Waals surface area contributed by atoms with Gasteiger partial charge in [0, 0.05) is 6.07 Å². The van der Waals surface area contributed by atoms with Crippen molar-refractivity contribution in [1.82, 2.24) is 4.98 Å². The number of hydrogen-bond acceptors (Lipinski definition) is 5. The number of methoxy groups -OCH3 is 1. The first kappa shape index (κ1) is 16.9. The molecule has 0 aliphatic heterocycles. The number of ether oxygens (including phenoxy) is 3. The number of rotatable bonds is 5. The highest BCUT2D eigenvalue weighted by molar-refractivity contribution is 5.92. The summed E-state index contributed by atoms with van der Waals surface area (Å²) in [7, 11) is 0.917. The fourth-order valence-corrected chi connectivity index (χ4v) is 1.42. The van der Waals surface area contributed by atoms with E-state index in [1.54, 1.807) is 0 Å². The summed E-state index contributed by atoms with van der Waals surface area (Å²) in [6, 6.07) is 0.426. The van der Waals surface area contributed by atoms with Crippen LogP contribution in [0.25, 0.3) is 0 Å². The minimum Gasteiger partial charge on any atom is -0.481 e. The van der Waals surface area contributed by atoms with Gasteiger partial charge < -0.3 is 14.2 Å². The number of carbonyl (C=O) groups excluding carboxylic acids is 1. The van der Waals surface area contributed by atoms with Gasteiger partial charge in [0.05, 0.1) is 24.8 Å². The van der Waals surface area contributed by atoms with Crippen molar-refractivity contribution in [1.29, 1.82) is 0 Å². The van der Waals surface area contributed by atoms with E-state index in [-0.39, 0.29) is 6.61 Å². The van der Waals surface area contributed by atoms with Gasteiger partial charge in [-0.15, -0.1) is 13.2 Å². The van der Waals surface area contributed by atoms with Crippen LogP contribution in [0.4, 0.5) is 22.0 Å². The standard InChI is InChI=1S/C11H10F5NO4/c1-3-20-10(18)5-4-6(21-11(14,15)16)17-9(19-2)7(5)8(12)13/h4,8H,3H2,1-2H3. The average molecular weight is 315 g/mol. The maximum atomic E-state index is 13.0. The largest absolute Gasteiger partial charge is 0.574 e. The molecule has 0 aliphatic rings. The molecule has 0 aliphatic carbocycles. The van der Waals surface area contributed by atoms with Crippen molar-refractivity contribution in [2.45, 2.75) is 19.7 Å². The third-order valence-corrected chi connectivity index (χ3v) is 2.13. The quantitative estimate of drug-likeness (QED) is 0.617. The van der Waals surface area contributed by atoms with Crippen LogP contribution in [0.15, 0.2) is 6.07 Å². The predicted molar refractivity (Wildman–Crippen MR) is 58.4 cm³/mol. The van der Waals surface area contributed by atoms with Crippen LogP contribution in [0.5, 0.6) is 11.8 Å². The minimum atomic E-state index is -5.10. The number of hydrogen-bond donors (Lipinski definition) is 0. The molecule has 0 atom stereocenters. The number of alkyl halides is 5. The molecule has 0 spiro atoms. The van der Waals surface area contributed by atoms with Gasteiger partial charge in [0.15, 0.2) is 0 Å². The topological polar surface area (TPSA) is 57.7 Å². The molecule has 21 heavy (non-hydrogen) atoms. The second kappa shape index (κ2) is 6.55. The molecule has 0 amide bonds. The number of carbonyl (C=O) groups is 1. The highest BCUT2D eigenvalue weighted by Gasteiger charge is 2.34. The van der Waals surface area contributed by atoms with Gasteiger partial charge in [0.25, 0.3) is 6.43 Å². The van der Waals surface area contributed by atoms with Gasteiger partial charge in [0.1, 0.15) is 0 Å². The number of nitrogens with zero attached hydrogens (tertiary/aromatic N) is 1. The first-order valence-corrected chi connectivity index (χ1v) is 5.49. The maximum absolute atomic E-state index is 13.0. The molecular formula is C11H10F5NO4. The molecule has 0 fully saturated rings. The molecule has 0 radical (unpaired) electrons. The Labute approximate surface area is 115 Å². The van der Waals surface area contributed by atoms with Crippen LogP contribution in [0, 0.1) is 0 Å². The van der Waals surface area contributed by atoms with E-state index < -0.39 is 41.6 Å². The number of halogens is 5. The molecule has 5 nitrogen and oxygen atoms in total. The Morgan fingerprint density at radius 3 is 2.43 bits per heavy atom. The van der Waals surface area contributed by atoms with Crippen molar-refractivity contribution >= 4 is 5.97 Å². The molecule has 118 valence electrons. The molecule has 1 aromatic heterocycles. The van der Waals surface area contributed by atoms with E-state index in [0.717, 1.165) is 7.11 Å². The molecule has 10 heteroatoms. The molecule has 0 saturated carbocycles. The molecule has 0 N–H and O–H groups in total. The van der Waals surface area contributed by atoms with Gasteiger partial charge >= 0.3 is 12.3 Å². The zero-order chi connectivity index (χ0) is 16.2. The summed E-state index contributed by atoms with van der Waals surface area (Å²) in [4.78, 5) is 14.7. The van der Waals surface area contributed by atoms with Crippen LogP contribution in [-0.4, -0.2) is 31.0 Å². The zero-order valence-corrected chi connectivity index (χ0v) is 10.8. The van der Waals surface area contributed by atoms with Gasteiger partial charge in [-0.3, -0.25) is 0 Å². The molecule has 1 aromatic rings. The highest BCUT2D eigenvalue weighted by Crippen LogP contribution is 2.35. The second-order valence-electron chi connectivity index (χ2n) is 3.50. The monoisotopic (exact) mass is 315 g/mol. The summed E-state index contributed by atoms with van der Waals surface area (Å²) in [5, 5.41) is 0. The van der Waals surface area contributed by atoms with Crippen LogP contribution in [0.1, 0.15) is 29.3 Å². The van der Waals surface area contributed by atoms with E-state index in [9.17, 15) is 26.7 Å². The third kappa shape index (κ3) is 4.43. The predicted octanol–water partition coefficient (Wildman–Crippen LogP) is 3.10. The van der Waals surface area contributed by atoms with Crippen LogP contribution in [0.2, 0.25) is 0 Å². The normalized spacial score (nSPS) is 11.4. The average Bonchev–Trinajstić information content (AvgIpc) is 2.35. The first-order valence-electron chi connectivity index (χ1n) is 5.49. The summed E-state index contributed by atoms with van der Waals surface area (Å²) in [5.74, 6) is -3.19. The van der Waals surface area contributed by atoms with E-state index in [0.29, 0.717) is 6.07 Å². The Morgan fingerprint density at radius 1 is 1.38 bits per heavy atom. The van der Waals surface area contributed by atoms with Gasteiger partial charge in [-0.1, -0.05) is 0 Å². The van der Waals surface area contributed by atoms with E-state index in [1.807, 2.05) is 0 Å². The lowest BCUT2D eigenvalue weighted by molar-refractivity contribution is -0.276. The van der Waals surface area contributed by atoms with E-state index >= 15 is 0 Å². The highest BCUT2D eigenvalue weighted by atomic mass is 19.4. The van der Waals surface area contributed by atoms with Crippen LogP contribution in [-0.2, 0) is 4.74 Å². The summed E-state index contributed by atoms with van der Waals surface area (Å²) < 4.78 is 74.9.